The summed E-state index contributed by atoms with van der Waals surface area (Å²) in [5, 5.41) is 0. The van der Waals surface area contributed by atoms with E-state index in [4.69, 9.17) is 4.74 Å². The molecule has 0 heterocycles. The van der Waals surface area contributed by atoms with Crippen molar-refractivity contribution < 1.29 is 9.53 Å². The number of hydrogen-bond donors (Lipinski definition) is 0. The van der Waals surface area contributed by atoms with Crippen molar-refractivity contribution in [3.05, 3.63) is 24.3 Å². The first-order valence-electron chi connectivity index (χ1n) is 14.3. The maximum atomic E-state index is 12.2. The van der Waals surface area contributed by atoms with Crippen LogP contribution in [0.25, 0.3) is 0 Å². The number of carbonyl (C=O) groups is 1. The quantitative estimate of drug-likeness (QED) is 0.250. The Hall–Kier alpha value is -1.05. The van der Waals surface area contributed by atoms with Gasteiger partial charge in [-0.2, -0.15) is 0 Å². The Morgan fingerprint density at radius 1 is 1.00 bits per heavy atom. The number of fused-ring (bicyclic) bond motifs is 2. The first-order chi connectivity index (χ1) is 15.9. The standard InChI is InChI=1S/C32H52O2/c1-21(2)23(5)10-11-24(6)26-14-16-30(8)27-13-12-25(22(3)4)31(17-15-28(33)34-9)20-32(27,31)19-18-29(26,30)7/h21,24-27H,3,5,10-20H2,1-2,4,6-9H3/t24-,25+,26-,27+,29-,30+,31-,32+/m1/s1. The summed E-state index contributed by atoms with van der Waals surface area (Å²) < 4.78 is 5.07. The predicted molar refractivity (Wildman–Crippen MR) is 142 cm³/mol. The van der Waals surface area contributed by atoms with Crippen molar-refractivity contribution in [2.45, 2.75) is 112 Å². The molecule has 0 unspecified atom stereocenters. The summed E-state index contributed by atoms with van der Waals surface area (Å²) in [7, 11) is 1.53. The molecule has 2 nitrogen and oxygen atoms in total. The zero-order valence-electron chi connectivity index (χ0n) is 23.4. The molecule has 192 valence electrons. The van der Waals surface area contributed by atoms with Gasteiger partial charge in [0.05, 0.1) is 7.11 Å². The summed E-state index contributed by atoms with van der Waals surface area (Å²) >= 11 is 0. The zero-order chi connectivity index (χ0) is 25.1. The average molecular weight is 469 g/mol. The van der Waals surface area contributed by atoms with Crippen LogP contribution >= 0.6 is 0 Å². The Kier molecular flexibility index (Phi) is 6.74. The number of hydrogen-bond acceptors (Lipinski definition) is 2. The van der Waals surface area contributed by atoms with Crippen molar-refractivity contribution in [1.82, 2.24) is 0 Å². The lowest BCUT2D eigenvalue weighted by molar-refractivity contribution is -0.142. The summed E-state index contributed by atoms with van der Waals surface area (Å²) in [5.74, 6) is 3.55. The molecule has 4 aliphatic rings. The van der Waals surface area contributed by atoms with Crippen LogP contribution in [-0.4, -0.2) is 13.1 Å². The zero-order valence-corrected chi connectivity index (χ0v) is 23.4. The van der Waals surface area contributed by atoms with Gasteiger partial charge in [-0.15, -0.1) is 0 Å². The van der Waals surface area contributed by atoms with Gasteiger partial charge in [-0.25, -0.2) is 0 Å². The van der Waals surface area contributed by atoms with Crippen molar-refractivity contribution in [3.8, 4) is 0 Å². The molecular formula is C32H52O2. The molecule has 0 saturated heterocycles. The third-order valence-corrected chi connectivity index (χ3v) is 12.6. The highest BCUT2D eigenvalue weighted by atomic mass is 16.5. The molecule has 1 spiro atoms. The van der Waals surface area contributed by atoms with Crippen molar-refractivity contribution >= 4 is 5.97 Å². The topological polar surface area (TPSA) is 26.3 Å². The molecule has 2 heteroatoms. The van der Waals surface area contributed by atoms with E-state index in [0.717, 1.165) is 24.2 Å². The summed E-state index contributed by atoms with van der Waals surface area (Å²) in [4.78, 5) is 12.2. The van der Waals surface area contributed by atoms with Crippen LogP contribution in [0.4, 0.5) is 0 Å². The van der Waals surface area contributed by atoms with E-state index in [1.54, 1.807) is 0 Å². The van der Waals surface area contributed by atoms with Crippen LogP contribution in [0.2, 0.25) is 0 Å². The smallest absolute Gasteiger partial charge is 0.305 e. The van der Waals surface area contributed by atoms with Crippen LogP contribution in [0.3, 0.4) is 0 Å². The largest absolute Gasteiger partial charge is 0.469 e. The van der Waals surface area contributed by atoms with E-state index in [1.165, 1.54) is 76.0 Å². The molecule has 0 aromatic carbocycles. The lowest BCUT2D eigenvalue weighted by Gasteiger charge is -2.61. The molecule has 0 amide bonds. The fourth-order valence-electron chi connectivity index (χ4n) is 10.3. The van der Waals surface area contributed by atoms with E-state index in [1.807, 2.05) is 0 Å². The molecule has 4 saturated carbocycles. The molecule has 0 aromatic heterocycles. The van der Waals surface area contributed by atoms with Gasteiger partial charge in [0.15, 0.2) is 0 Å². The van der Waals surface area contributed by atoms with E-state index in [0.29, 0.717) is 39.9 Å². The molecule has 34 heavy (non-hydrogen) atoms. The number of rotatable bonds is 9. The Morgan fingerprint density at radius 2 is 1.71 bits per heavy atom. The summed E-state index contributed by atoms with van der Waals surface area (Å²) in [5.41, 5.74) is 4.36. The number of carbonyl (C=O) groups excluding carboxylic acids is 1. The molecule has 0 radical (unpaired) electrons. The van der Waals surface area contributed by atoms with Crippen LogP contribution in [0.1, 0.15) is 112 Å². The van der Waals surface area contributed by atoms with Crippen LogP contribution in [0.5, 0.6) is 0 Å². The van der Waals surface area contributed by atoms with E-state index in [2.05, 4.69) is 54.7 Å². The Labute approximate surface area is 210 Å². The van der Waals surface area contributed by atoms with E-state index >= 15 is 0 Å². The molecular weight excluding hydrogens is 416 g/mol. The van der Waals surface area contributed by atoms with Gasteiger partial charge >= 0.3 is 5.97 Å². The fourth-order valence-corrected chi connectivity index (χ4v) is 10.3. The van der Waals surface area contributed by atoms with Crippen LogP contribution in [0, 0.1) is 51.2 Å². The van der Waals surface area contributed by atoms with E-state index < -0.39 is 0 Å². The number of methoxy groups -OCH3 is 1. The van der Waals surface area contributed by atoms with Crippen molar-refractivity contribution in [2.75, 3.05) is 7.11 Å². The van der Waals surface area contributed by atoms with Gasteiger partial charge in [-0.05, 0) is 122 Å². The second-order valence-corrected chi connectivity index (χ2v) is 13.9. The SMILES string of the molecule is C=C(CC[C@@H](C)[C@H]1CC[C@@]2(C)[C@@H]3CC[C@@H](C(=C)C)[C@@]4(CCC(=O)OC)C[C@@]34CC[C@]12C)C(C)C. The van der Waals surface area contributed by atoms with Crippen LogP contribution < -0.4 is 0 Å². The Bertz CT molecular complexity index is 840. The first kappa shape index (κ1) is 26.0. The third kappa shape index (κ3) is 3.59. The number of allylic oxidation sites excluding steroid dienone is 2. The number of esters is 1. The first-order valence-corrected chi connectivity index (χ1v) is 14.3. The molecule has 0 bridgehead atoms. The Balaban J connectivity index is 1.57. The minimum absolute atomic E-state index is 0.0383. The normalized spacial score (nSPS) is 43.5. The van der Waals surface area contributed by atoms with Gasteiger partial charge in [-0.3, -0.25) is 4.79 Å². The third-order valence-electron chi connectivity index (χ3n) is 12.6. The molecule has 4 rings (SSSR count). The summed E-state index contributed by atoms with van der Waals surface area (Å²) in [6.45, 7) is 23.5. The number of ether oxygens (including phenoxy) is 1. The van der Waals surface area contributed by atoms with E-state index in [9.17, 15) is 4.79 Å². The van der Waals surface area contributed by atoms with Crippen molar-refractivity contribution in [2.24, 2.45) is 51.2 Å². The van der Waals surface area contributed by atoms with Gasteiger partial charge in [0, 0.05) is 6.42 Å². The minimum Gasteiger partial charge on any atom is -0.469 e. The highest BCUT2D eigenvalue weighted by Crippen LogP contribution is 2.87. The molecule has 4 aliphatic carbocycles. The maximum Gasteiger partial charge on any atom is 0.305 e. The summed E-state index contributed by atoms with van der Waals surface area (Å²) in [6, 6.07) is 0. The van der Waals surface area contributed by atoms with Crippen LogP contribution in [0.15, 0.2) is 24.3 Å². The minimum atomic E-state index is -0.0383. The van der Waals surface area contributed by atoms with Gasteiger partial charge in [0.2, 0.25) is 0 Å². The average Bonchev–Trinajstić information content (AvgIpc) is 3.38. The lowest BCUT2D eigenvalue weighted by atomic mass is 9.43. The van der Waals surface area contributed by atoms with Gasteiger partial charge in [0.1, 0.15) is 0 Å². The molecule has 4 fully saturated rings. The molecule has 0 N–H and O–H groups in total. The van der Waals surface area contributed by atoms with Crippen LogP contribution in [-0.2, 0) is 9.53 Å². The summed E-state index contributed by atoms with van der Waals surface area (Å²) in [6.07, 6.45) is 13.5. The monoisotopic (exact) mass is 468 g/mol. The predicted octanol–water partition coefficient (Wildman–Crippen LogP) is 8.76. The molecule has 8 atom stereocenters. The Morgan fingerprint density at radius 3 is 2.32 bits per heavy atom. The van der Waals surface area contributed by atoms with Crippen molar-refractivity contribution in [3.63, 3.8) is 0 Å². The highest BCUT2D eigenvalue weighted by Gasteiger charge is 2.80. The van der Waals surface area contributed by atoms with Gasteiger partial charge in [0.25, 0.3) is 0 Å². The fraction of sp³-hybridized carbons (Fsp3) is 0.844. The lowest BCUT2D eigenvalue weighted by Crippen LogP contribution is -2.54. The van der Waals surface area contributed by atoms with E-state index in [-0.39, 0.29) is 5.97 Å². The second-order valence-electron chi connectivity index (χ2n) is 13.9. The maximum absolute atomic E-state index is 12.2. The van der Waals surface area contributed by atoms with Crippen molar-refractivity contribution in [1.29, 1.82) is 0 Å². The molecule has 0 aliphatic heterocycles. The van der Waals surface area contributed by atoms with Gasteiger partial charge < -0.3 is 4.74 Å². The highest BCUT2D eigenvalue weighted by molar-refractivity contribution is 5.69. The van der Waals surface area contributed by atoms with Gasteiger partial charge in [-0.1, -0.05) is 58.9 Å². The molecule has 0 aromatic rings. The second kappa shape index (κ2) is 8.81.